The van der Waals surface area contributed by atoms with E-state index in [9.17, 15) is 4.79 Å². The van der Waals surface area contributed by atoms with Crippen LogP contribution in [0.15, 0.2) is 28.8 Å². The van der Waals surface area contributed by atoms with Crippen LogP contribution in [-0.2, 0) is 4.79 Å². The van der Waals surface area contributed by atoms with Crippen LogP contribution in [0.2, 0.25) is 10.0 Å². The third-order valence-electron chi connectivity index (χ3n) is 3.68. The predicted molar refractivity (Wildman–Crippen MR) is 85.6 cm³/mol. The minimum Gasteiger partial charge on any atom is -0.324 e. The summed E-state index contributed by atoms with van der Waals surface area (Å²) in [5.74, 6) is -0.287. The zero-order valence-electron chi connectivity index (χ0n) is 10.9. The Labute approximate surface area is 138 Å². The Morgan fingerprint density at radius 2 is 1.95 bits per heavy atom. The molecule has 20 heavy (non-hydrogen) atoms. The van der Waals surface area contributed by atoms with Crippen LogP contribution in [0.4, 0.5) is 5.69 Å². The quantitative estimate of drug-likeness (QED) is 0.761. The van der Waals surface area contributed by atoms with Crippen LogP contribution >= 0.6 is 46.4 Å². The molecule has 1 saturated carbocycles. The molecular weight excluding hydrogens is 340 g/mol. The second-order valence-electron chi connectivity index (χ2n) is 5.39. The highest BCUT2D eigenvalue weighted by molar-refractivity contribution is 6.55. The van der Waals surface area contributed by atoms with Gasteiger partial charge in [-0.1, -0.05) is 60.3 Å². The molecule has 1 fully saturated rings. The number of hydrogen-bond donors (Lipinski definition) is 1. The van der Waals surface area contributed by atoms with E-state index in [-0.39, 0.29) is 27.6 Å². The highest BCUT2D eigenvalue weighted by atomic mass is 35.5. The van der Waals surface area contributed by atoms with Gasteiger partial charge in [0.05, 0.1) is 16.6 Å². The van der Waals surface area contributed by atoms with Crippen molar-refractivity contribution in [3.8, 4) is 0 Å². The summed E-state index contributed by atoms with van der Waals surface area (Å²) in [6.07, 6.45) is 1.70. The molecule has 2 atom stereocenters. The van der Waals surface area contributed by atoms with E-state index in [2.05, 4.69) is 5.32 Å². The van der Waals surface area contributed by atoms with Gasteiger partial charge in [0, 0.05) is 5.02 Å². The molecular formula is C14H13Cl4NO. The molecule has 2 nitrogen and oxygen atoms in total. The lowest BCUT2D eigenvalue weighted by Crippen LogP contribution is -2.17. The minimum atomic E-state index is -0.190. The van der Waals surface area contributed by atoms with Gasteiger partial charge in [0.2, 0.25) is 5.91 Å². The maximum Gasteiger partial charge on any atom is 0.228 e. The normalized spacial score (nSPS) is 23.1. The molecule has 108 valence electrons. The molecule has 1 amide bonds. The molecule has 2 rings (SSSR count). The van der Waals surface area contributed by atoms with Crippen molar-refractivity contribution in [3.63, 3.8) is 0 Å². The Hall–Kier alpha value is -0.410. The molecule has 1 aromatic rings. The molecule has 0 heterocycles. The molecule has 0 bridgehead atoms. The summed E-state index contributed by atoms with van der Waals surface area (Å²) in [4.78, 5) is 12.3. The zero-order chi connectivity index (χ0) is 15.1. The minimum absolute atomic E-state index is 0.0189. The van der Waals surface area contributed by atoms with Crippen molar-refractivity contribution < 1.29 is 4.79 Å². The first-order valence-corrected chi connectivity index (χ1v) is 7.53. The van der Waals surface area contributed by atoms with E-state index in [1.807, 2.05) is 13.8 Å². The van der Waals surface area contributed by atoms with Gasteiger partial charge in [-0.05, 0) is 35.6 Å². The van der Waals surface area contributed by atoms with E-state index in [4.69, 9.17) is 46.4 Å². The third kappa shape index (κ3) is 3.25. The summed E-state index contributed by atoms with van der Waals surface area (Å²) in [5, 5.41) is 3.76. The number of allylic oxidation sites excluding steroid dienone is 1. The van der Waals surface area contributed by atoms with Crippen molar-refractivity contribution in [2.75, 3.05) is 5.32 Å². The lowest BCUT2D eigenvalue weighted by Gasteiger charge is -2.08. The molecule has 1 aromatic carbocycles. The van der Waals surface area contributed by atoms with Crippen molar-refractivity contribution >= 4 is 58.0 Å². The fourth-order valence-corrected chi connectivity index (χ4v) is 3.04. The topological polar surface area (TPSA) is 29.1 Å². The molecule has 0 saturated heterocycles. The molecule has 0 aliphatic heterocycles. The summed E-state index contributed by atoms with van der Waals surface area (Å²) in [6, 6.07) is 4.93. The third-order valence-corrected chi connectivity index (χ3v) is 4.50. The van der Waals surface area contributed by atoms with E-state index >= 15 is 0 Å². The number of benzene rings is 1. The van der Waals surface area contributed by atoms with Crippen LogP contribution in [0.3, 0.4) is 0 Å². The molecule has 1 aliphatic carbocycles. The van der Waals surface area contributed by atoms with E-state index in [1.54, 1.807) is 24.3 Å². The lowest BCUT2D eigenvalue weighted by atomic mass is 10.1. The summed E-state index contributed by atoms with van der Waals surface area (Å²) < 4.78 is 0.180. The van der Waals surface area contributed by atoms with Gasteiger partial charge in [0.15, 0.2) is 0 Å². The van der Waals surface area contributed by atoms with Gasteiger partial charge >= 0.3 is 0 Å². The van der Waals surface area contributed by atoms with Crippen molar-refractivity contribution in [2.24, 2.45) is 17.3 Å². The highest BCUT2D eigenvalue weighted by Gasteiger charge is 2.60. The molecule has 0 unspecified atom stereocenters. The van der Waals surface area contributed by atoms with E-state index in [0.29, 0.717) is 15.7 Å². The fraction of sp³-hybridized carbons (Fsp3) is 0.357. The average molecular weight is 353 g/mol. The largest absolute Gasteiger partial charge is 0.324 e. The number of nitrogens with one attached hydrogen (secondary N) is 1. The Bertz CT molecular complexity index is 579. The van der Waals surface area contributed by atoms with Crippen LogP contribution in [0.25, 0.3) is 0 Å². The predicted octanol–water partition coefficient (Wildman–Crippen LogP) is 5.52. The molecule has 6 heteroatoms. The molecule has 0 aromatic heterocycles. The van der Waals surface area contributed by atoms with Gasteiger partial charge in [-0.3, -0.25) is 4.79 Å². The van der Waals surface area contributed by atoms with Crippen molar-refractivity contribution in [1.29, 1.82) is 0 Å². The number of hydrogen-bond acceptors (Lipinski definition) is 1. The Morgan fingerprint density at radius 1 is 1.30 bits per heavy atom. The smallest absolute Gasteiger partial charge is 0.228 e. The fourth-order valence-electron chi connectivity index (χ4n) is 2.43. The highest BCUT2D eigenvalue weighted by Crippen LogP contribution is 2.60. The van der Waals surface area contributed by atoms with Gasteiger partial charge in [-0.2, -0.15) is 0 Å². The number of amides is 1. The van der Waals surface area contributed by atoms with Crippen LogP contribution in [0.1, 0.15) is 13.8 Å². The number of anilines is 1. The number of rotatable bonds is 3. The van der Waals surface area contributed by atoms with Crippen LogP contribution in [0, 0.1) is 17.3 Å². The van der Waals surface area contributed by atoms with Crippen molar-refractivity contribution in [3.05, 3.63) is 38.8 Å². The summed E-state index contributed by atoms with van der Waals surface area (Å²) >= 11 is 23.3. The molecule has 1 N–H and O–H groups in total. The first kappa shape index (κ1) is 16.0. The van der Waals surface area contributed by atoms with Crippen LogP contribution in [-0.4, -0.2) is 5.91 Å². The molecule has 0 radical (unpaired) electrons. The van der Waals surface area contributed by atoms with Crippen LogP contribution in [0.5, 0.6) is 0 Å². The monoisotopic (exact) mass is 351 g/mol. The van der Waals surface area contributed by atoms with E-state index in [0.717, 1.165) is 0 Å². The summed E-state index contributed by atoms with van der Waals surface area (Å²) in [7, 11) is 0. The average Bonchev–Trinajstić information content (AvgIpc) is 2.84. The first-order chi connectivity index (χ1) is 9.23. The maximum atomic E-state index is 12.3. The second kappa shape index (κ2) is 5.76. The number of halogens is 4. The van der Waals surface area contributed by atoms with Gasteiger partial charge < -0.3 is 5.32 Å². The second-order valence-corrected chi connectivity index (χ2v) is 7.25. The summed E-state index contributed by atoms with van der Waals surface area (Å²) in [5.41, 5.74) is 0.330. The Balaban J connectivity index is 2.14. The van der Waals surface area contributed by atoms with Gasteiger partial charge in [0.1, 0.15) is 4.49 Å². The zero-order valence-corrected chi connectivity index (χ0v) is 13.9. The Kier molecular flexibility index (Phi) is 4.60. The molecule has 1 aliphatic rings. The standard InChI is InChI=1S/C14H13Cl4NO/c1-14(2)8(6-11(17)18)12(14)13(20)19-10-5-7(15)3-4-9(10)16/h3-6,8,12H,1-2H3,(H,19,20)/t8-,12-/m1/s1. The van der Waals surface area contributed by atoms with E-state index in [1.165, 1.54) is 0 Å². The van der Waals surface area contributed by atoms with Crippen LogP contribution < -0.4 is 5.32 Å². The number of carbonyl (C=O) groups excluding carboxylic acids is 1. The summed E-state index contributed by atoms with van der Waals surface area (Å²) in [6.45, 7) is 3.99. The van der Waals surface area contributed by atoms with Gasteiger partial charge in [-0.25, -0.2) is 0 Å². The SMILES string of the molecule is CC1(C)[C@H](C=C(Cl)Cl)[C@@H]1C(=O)Nc1cc(Cl)ccc1Cl. The Morgan fingerprint density at radius 3 is 2.55 bits per heavy atom. The number of carbonyl (C=O) groups is 1. The van der Waals surface area contributed by atoms with Gasteiger partial charge in [0.25, 0.3) is 0 Å². The maximum absolute atomic E-state index is 12.3. The first-order valence-electron chi connectivity index (χ1n) is 6.02. The lowest BCUT2D eigenvalue weighted by molar-refractivity contribution is -0.118. The van der Waals surface area contributed by atoms with E-state index < -0.39 is 0 Å². The van der Waals surface area contributed by atoms with Gasteiger partial charge in [-0.15, -0.1) is 0 Å². The van der Waals surface area contributed by atoms with Crippen molar-refractivity contribution in [1.82, 2.24) is 0 Å². The van der Waals surface area contributed by atoms with Crippen molar-refractivity contribution in [2.45, 2.75) is 13.8 Å². The molecule has 0 spiro atoms.